The maximum Gasteiger partial charge on any atom is 0.410 e. The first-order chi connectivity index (χ1) is 11.6. The molecular formula is C18H22Cl2N2O3. The summed E-state index contributed by atoms with van der Waals surface area (Å²) in [6.45, 7) is 8.57. The van der Waals surface area contributed by atoms with E-state index < -0.39 is 5.60 Å². The standard InChI is InChI=1S/C18H22Cl2N2O3/c1-10(23)22-9-11-8-21(17(24)25-18(2,3)4)6-5-12-13(19)7-14(20)16(22)15(11)12/h7,11H,5-6,8-9H2,1-4H3. The summed E-state index contributed by atoms with van der Waals surface area (Å²) >= 11 is 12.8. The van der Waals surface area contributed by atoms with Gasteiger partial charge in [0.25, 0.3) is 0 Å². The van der Waals surface area contributed by atoms with Crippen LogP contribution in [-0.2, 0) is 16.0 Å². The van der Waals surface area contributed by atoms with Crippen LogP contribution in [0.2, 0.25) is 10.0 Å². The van der Waals surface area contributed by atoms with Crippen LogP contribution in [0.1, 0.15) is 44.7 Å². The molecule has 1 aromatic carbocycles. The number of hydrogen-bond acceptors (Lipinski definition) is 3. The van der Waals surface area contributed by atoms with Crippen LogP contribution >= 0.6 is 23.2 Å². The molecule has 0 radical (unpaired) electrons. The van der Waals surface area contributed by atoms with Gasteiger partial charge in [-0.3, -0.25) is 4.79 Å². The molecule has 3 rings (SSSR count). The highest BCUT2D eigenvalue weighted by Crippen LogP contribution is 2.47. The SMILES string of the molecule is CC(=O)N1CC2CN(C(=O)OC(C)(C)C)CCc3c(Cl)cc(Cl)c1c32. The molecule has 1 aromatic rings. The quantitative estimate of drug-likeness (QED) is 0.671. The molecule has 1 unspecified atom stereocenters. The van der Waals surface area contributed by atoms with Crippen molar-refractivity contribution in [2.24, 2.45) is 0 Å². The molecule has 0 aromatic heterocycles. The zero-order valence-electron chi connectivity index (χ0n) is 14.9. The van der Waals surface area contributed by atoms with Crippen LogP contribution in [-0.4, -0.2) is 42.1 Å². The number of benzene rings is 1. The van der Waals surface area contributed by atoms with Crippen LogP contribution in [0.5, 0.6) is 0 Å². The number of rotatable bonds is 0. The van der Waals surface area contributed by atoms with E-state index in [2.05, 4.69) is 0 Å². The van der Waals surface area contributed by atoms with E-state index in [1.54, 1.807) is 15.9 Å². The topological polar surface area (TPSA) is 49.9 Å². The van der Waals surface area contributed by atoms with Crippen LogP contribution in [0.15, 0.2) is 6.07 Å². The maximum absolute atomic E-state index is 12.5. The first-order valence-corrected chi connectivity index (χ1v) is 9.11. The molecular weight excluding hydrogens is 363 g/mol. The molecule has 7 heteroatoms. The summed E-state index contributed by atoms with van der Waals surface area (Å²) < 4.78 is 5.52. The number of anilines is 1. The zero-order chi connectivity index (χ0) is 18.5. The van der Waals surface area contributed by atoms with Crippen LogP contribution < -0.4 is 4.90 Å². The monoisotopic (exact) mass is 384 g/mol. The van der Waals surface area contributed by atoms with Crippen molar-refractivity contribution in [1.82, 2.24) is 4.90 Å². The van der Waals surface area contributed by atoms with Gasteiger partial charge in [0.1, 0.15) is 5.60 Å². The van der Waals surface area contributed by atoms with Gasteiger partial charge in [-0.15, -0.1) is 0 Å². The van der Waals surface area contributed by atoms with Gasteiger partial charge in [-0.05, 0) is 44.4 Å². The molecule has 0 spiro atoms. The molecule has 0 N–H and O–H groups in total. The number of ether oxygens (including phenoxy) is 1. The van der Waals surface area contributed by atoms with E-state index in [1.807, 2.05) is 20.8 Å². The Balaban J connectivity index is 1.98. The average molecular weight is 385 g/mol. The van der Waals surface area contributed by atoms with Gasteiger partial charge in [0.05, 0.1) is 10.7 Å². The summed E-state index contributed by atoms with van der Waals surface area (Å²) in [6.07, 6.45) is 0.269. The van der Waals surface area contributed by atoms with E-state index in [1.165, 1.54) is 6.92 Å². The van der Waals surface area contributed by atoms with Crippen molar-refractivity contribution < 1.29 is 14.3 Å². The smallest absolute Gasteiger partial charge is 0.410 e. The Morgan fingerprint density at radius 2 is 1.88 bits per heavy atom. The van der Waals surface area contributed by atoms with Gasteiger partial charge >= 0.3 is 6.09 Å². The first kappa shape index (κ1) is 18.3. The number of halogens is 2. The van der Waals surface area contributed by atoms with Gasteiger partial charge in [-0.1, -0.05) is 23.2 Å². The normalized spacial score (nSPS) is 19.5. The fourth-order valence-electron chi connectivity index (χ4n) is 3.57. The fraction of sp³-hybridized carbons (Fsp3) is 0.556. The maximum atomic E-state index is 12.5. The first-order valence-electron chi connectivity index (χ1n) is 8.35. The molecule has 2 amide bonds. The minimum absolute atomic E-state index is 0.0138. The lowest BCUT2D eigenvalue weighted by atomic mass is 9.95. The van der Waals surface area contributed by atoms with Crippen LogP contribution in [0.3, 0.4) is 0 Å². The lowest BCUT2D eigenvalue weighted by molar-refractivity contribution is -0.116. The summed E-state index contributed by atoms with van der Waals surface area (Å²) in [5.41, 5.74) is 2.16. The van der Waals surface area contributed by atoms with E-state index in [0.29, 0.717) is 36.1 Å². The molecule has 136 valence electrons. The molecule has 2 aliphatic rings. The van der Waals surface area contributed by atoms with Crippen molar-refractivity contribution in [1.29, 1.82) is 0 Å². The van der Waals surface area contributed by atoms with E-state index in [4.69, 9.17) is 27.9 Å². The minimum atomic E-state index is -0.552. The Morgan fingerprint density at radius 1 is 1.20 bits per heavy atom. The van der Waals surface area contributed by atoms with Gasteiger partial charge in [-0.2, -0.15) is 0 Å². The Hall–Kier alpha value is -1.46. The number of carbonyl (C=O) groups excluding carboxylic acids is 2. The summed E-state index contributed by atoms with van der Waals surface area (Å²) in [5.74, 6) is -0.0802. The molecule has 25 heavy (non-hydrogen) atoms. The molecule has 0 fully saturated rings. The minimum Gasteiger partial charge on any atom is -0.444 e. The number of amides is 2. The third kappa shape index (κ3) is 3.44. The lowest BCUT2D eigenvalue weighted by Gasteiger charge is -2.28. The fourth-order valence-corrected chi connectivity index (χ4v) is 4.24. The molecule has 2 aliphatic heterocycles. The van der Waals surface area contributed by atoms with Gasteiger partial charge in [0.15, 0.2) is 0 Å². The number of nitrogens with zero attached hydrogens (tertiary/aromatic N) is 2. The van der Waals surface area contributed by atoms with E-state index >= 15 is 0 Å². The highest BCUT2D eigenvalue weighted by Gasteiger charge is 2.40. The van der Waals surface area contributed by atoms with Crippen LogP contribution in [0, 0.1) is 0 Å². The second kappa shape index (κ2) is 6.36. The summed E-state index contributed by atoms with van der Waals surface area (Å²) in [5, 5.41) is 1.07. The second-order valence-corrected chi connectivity index (χ2v) is 8.40. The predicted octanol–water partition coefficient (Wildman–Crippen LogP) is 4.24. The van der Waals surface area contributed by atoms with Gasteiger partial charge < -0.3 is 14.5 Å². The molecule has 0 bridgehead atoms. The van der Waals surface area contributed by atoms with E-state index in [0.717, 1.165) is 16.8 Å². The highest BCUT2D eigenvalue weighted by molar-refractivity contribution is 6.37. The van der Waals surface area contributed by atoms with Crippen molar-refractivity contribution >= 4 is 40.9 Å². The Bertz CT molecular complexity index is 743. The third-order valence-corrected chi connectivity index (χ3v) is 5.16. The summed E-state index contributed by atoms with van der Waals surface area (Å²) in [6, 6.07) is 1.69. The summed E-state index contributed by atoms with van der Waals surface area (Å²) in [7, 11) is 0. The van der Waals surface area contributed by atoms with Crippen molar-refractivity contribution in [2.45, 2.75) is 45.6 Å². The molecule has 5 nitrogen and oxygen atoms in total. The van der Waals surface area contributed by atoms with Crippen LogP contribution in [0.4, 0.5) is 10.5 Å². The molecule has 2 heterocycles. The third-order valence-electron chi connectivity index (χ3n) is 4.53. The second-order valence-electron chi connectivity index (χ2n) is 7.58. The number of carbonyl (C=O) groups is 2. The zero-order valence-corrected chi connectivity index (χ0v) is 16.4. The van der Waals surface area contributed by atoms with Crippen molar-refractivity contribution in [3.05, 3.63) is 27.2 Å². The molecule has 0 saturated heterocycles. The molecule has 0 aliphatic carbocycles. The summed E-state index contributed by atoms with van der Waals surface area (Å²) in [4.78, 5) is 28.0. The molecule has 0 saturated carbocycles. The highest BCUT2D eigenvalue weighted by atomic mass is 35.5. The number of hydrogen-bond donors (Lipinski definition) is 0. The Morgan fingerprint density at radius 3 is 2.48 bits per heavy atom. The van der Waals surface area contributed by atoms with E-state index in [9.17, 15) is 9.59 Å². The Labute approximate surface area is 157 Å². The van der Waals surface area contributed by atoms with E-state index in [-0.39, 0.29) is 17.9 Å². The van der Waals surface area contributed by atoms with Gasteiger partial charge in [0.2, 0.25) is 5.91 Å². The van der Waals surface area contributed by atoms with Crippen molar-refractivity contribution in [3.8, 4) is 0 Å². The van der Waals surface area contributed by atoms with Crippen LogP contribution in [0.25, 0.3) is 0 Å². The Kier molecular flexibility index (Phi) is 4.67. The van der Waals surface area contributed by atoms with Gasteiger partial charge in [-0.25, -0.2) is 4.79 Å². The van der Waals surface area contributed by atoms with Gasteiger partial charge in [0, 0.05) is 37.5 Å². The van der Waals surface area contributed by atoms with Crippen molar-refractivity contribution in [3.63, 3.8) is 0 Å². The largest absolute Gasteiger partial charge is 0.444 e. The van der Waals surface area contributed by atoms with Crippen molar-refractivity contribution in [2.75, 3.05) is 24.5 Å². The predicted molar refractivity (Wildman–Crippen MR) is 98.7 cm³/mol. The lowest BCUT2D eigenvalue weighted by Crippen LogP contribution is -2.40. The average Bonchev–Trinajstić information content (AvgIpc) is 2.73. The molecule has 1 atom stereocenters.